The Morgan fingerprint density at radius 2 is 2.24 bits per heavy atom. The standard InChI is InChI=1S/C18H19NO2/c1-12-15(9-13-3-2-8-19-11-13)6-4-14-5-7-16(18(20)21)10-17(12)14/h2-3,5,7-8,10-12,15H,4,6,9H2,1H3,(H,20,21). The number of nitrogens with zero attached hydrogens (tertiary/aromatic N) is 1. The molecular weight excluding hydrogens is 262 g/mol. The third-order valence-corrected chi connectivity index (χ3v) is 4.60. The second-order valence-electron chi connectivity index (χ2n) is 5.87. The fourth-order valence-corrected chi connectivity index (χ4v) is 3.32. The van der Waals surface area contributed by atoms with E-state index in [4.69, 9.17) is 5.11 Å². The molecule has 0 fully saturated rings. The molecule has 1 heterocycles. The third-order valence-electron chi connectivity index (χ3n) is 4.60. The Balaban J connectivity index is 1.85. The molecule has 1 aromatic heterocycles. The van der Waals surface area contributed by atoms with Gasteiger partial charge in [0.05, 0.1) is 5.56 Å². The second kappa shape index (κ2) is 5.68. The molecule has 0 saturated carbocycles. The van der Waals surface area contributed by atoms with Crippen LogP contribution in [0.1, 0.15) is 46.3 Å². The third kappa shape index (κ3) is 2.82. The van der Waals surface area contributed by atoms with Crippen molar-refractivity contribution in [1.29, 1.82) is 0 Å². The van der Waals surface area contributed by atoms with Crippen LogP contribution in [0.3, 0.4) is 0 Å². The molecule has 2 unspecified atom stereocenters. The van der Waals surface area contributed by atoms with Crippen molar-refractivity contribution in [3.8, 4) is 0 Å². The van der Waals surface area contributed by atoms with Gasteiger partial charge >= 0.3 is 5.97 Å². The number of aromatic nitrogens is 1. The number of fused-ring (bicyclic) bond motifs is 1. The number of rotatable bonds is 3. The summed E-state index contributed by atoms with van der Waals surface area (Å²) in [5.41, 5.74) is 4.15. The summed E-state index contributed by atoms with van der Waals surface area (Å²) in [7, 11) is 0. The fourth-order valence-electron chi connectivity index (χ4n) is 3.32. The van der Waals surface area contributed by atoms with E-state index in [0.29, 0.717) is 17.4 Å². The van der Waals surface area contributed by atoms with E-state index in [-0.39, 0.29) is 0 Å². The number of benzene rings is 1. The quantitative estimate of drug-likeness (QED) is 0.933. The smallest absolute Gasteiger partial charge is 0.335 e. The highest BCUT2D eigenvalue weighted by molar-refractivity contribution is 5.88. The summed E-state index contributed by atoms with van der Waals surface area (Å²) < 4.78 is 0. The molecule has 3 nitrogen and oxygen atoms in total. The molecular formula is C18H19NO2. The fraction of sp³-hybridized carbons (Fsp3) is 0.333. The van der Waals surface area contributed by atoms with Gasteiger partial charge in [0.15, 0.2) is 0 Å². The maximum Gasteiger partial charge on any atom is 0.335 e. The Labute approximate surface area is 124 Å². The molecule has 3 heteroatoms. The van der Waals surface area contributed by atoms with Crippen molar-refractivity contribution < 1.29 is 9.90 Å². The van der Waals surface area contributed by atoms with Crippen LogP contribution in [-0.4, -0.2) is 16.1 Å². The van der Waals surface area contributed by atoms with Gasteiger partial charge in [0.2, 0.25) is 0 Å². The van der Waals surface area contributed by atoms with Gasteiger partial charge in [0.1, 0.15) is 0 Å². The van der Waals surface area contributed by atoms with E-state index in [1.807, 2.05) is 24.4 Å². The Morgan fingerprint density at radius 3 is 2.95 bits per heavy atom. The average molecular weight is 281 g/mol. The first-order chi connectivity index (χ1) is 10.1. The lowest BCUT2D eigenvalue weighted by Gasteiger charge is -2.31. The molecule has 1 aliphatic rings. The van der Waals surface area contributed by atoms with E-state index in [1.165, 1.54) is 16.7 Å². The van der Waals surface area contributed by atoms with Crippen LogP contribution in [0.4, 0.5) is 0 Å². The number of aromatic carboxylic acids is 1. The molecule has 1 aromatic carbocycles. The first kappa shape index (κ1) is 13.8. The van der Waals surface area contributed by atoms with E-state index in [0.717, 1.165) is 19.3 Å². The zero-order chi connectivity index (χ0) is 14.8. The van der Waals surface area contributed by atoms with Crippen molar-refractivity contribution in [2.24, 2.45) is 5.92 Å². The summed E-state index contributed by atoms with van der Waals surface area (Å²) in [6, 6.07) is 9.64. The molecule has 1 aliphatic carbocycles. The highest BCUT2D eigenvalue weighted by Gasteiger charge is 2.27. The van der Waals surface area contributed by atoms with Gasteiger partial charge in [-0.3, -0.25) is 4.98 Å². The number of carbonyl (C=O) groups is 1. The lowest BCUT2D eigenvalue weighted by atomic mass is 9.73. The number of hydrogen-bond acceptors (Lipinski definition) is 2. The van der Waals surface area contributed by atoms with Crippen LogP contribution < -0.4 is 0 Å². The van der Waals surface area contributed by atoms with Gasteiger partial charge in [-0.15, -0.1) is 0 Å². The Hall–Kier alpha value is -2.16. The van der Waals surface area contributed by atoms with Crippen molar-refractivity contribution in [1.82, 2.24) is 4.98 Å². The predicted octanol–water partition coefficient (Wildman–Crippen LogP) is 3.69. The van der Waals surface area contributed by atoms with Crippen molar-refractivity contribution in [3.63, 3.8) is 0 Å². The second-order valence-corrected chi connectivity index (χ2v) is 5.87. The van der Waals surface area contributed by atoms with Crippen LogP contribution in [0.2, 0.25) is 0 Å². The van der Waals surface area contributed by atoms with Crippen LogP contribution in [0.15, 0.2) is 42.7 Å². The van der Waals surface area contributed by atoms with Crippen LogP contribution in [0, 0.1) is 5.92 Å². The monoisotopic (exact) mass is 281 g/mol. The topological polar surface area (TPSA) is 50.2 Å². The molecule has 2 aromatic rings. The van der Waals surface area contributed by atoms with Crippen molar-refractivity contribution in [3.05, 3.63) is 65.0 Å². The average Bonchev–Trinajstić information content (AvgIpc) is 2.51. The van der Waals surface area contributed by atoms with E-state index in [9.17, 15) is 4.79 Å². The van der Waals surface area contributed by atoms with Gasteiger partial charge in [-0.2, -0.15) is 0 Å². The van der Waals surface area contributed by atoms with Crippen molar-refractivity contribution in [2.45, 2.75) is 32.1 Å². The number of pyridine rings is 1. The molecule has 0 radical (unpaired) electrons. The molecule has 0 amide bonds. The first-order valence-corrected chi connectivity index (χ1v) is 7.40. The molecule has 21 heavy (non-hydrogen) atoms. The zero-order valence-electron chi connectivity index (χ0n) is 12.1. The van der Waals surface area contributed by atoms with Crippen LogP contribution >= 0.6 is 0 Å². The summed E-state index contributed by atoms with van der Waals surface area (Å²) in [5, 5.41) is 9.17. The number of carboxylic acid groups (broad SMARTS) is 1. The summed E-state index contributed by atoms with van der Waals surface area (Å²) in [4.78, 5) is 15.3. The van der Waals surface area contributed by atoms with Gasteiger partial charge in [-0.1, -0.05) is 19.1 Å². The molecule has 0 saturated heterocycles. The molecule has 3 rings (SSSR count). The van der Waals surface area contributed by atoms with Crippen molar-refractivity contribution in [2.75, 3.05) is 0 Å². The minimum Gasteiger partial charge on any atom is -0.478 e. The Morgan fingerprint density at radius 1 is 1.38 bits per heavy atom. The van der Waals surface area contributed by atoms with Gasteiger partial charge in [0, 0.05) is 12.4 Å². The molecule has 0 bridgehead atoms. The molecule has 2 atom stereocenters. The minimum atomic E-state index is -0.848. The normalized spacial score (nSPS) is 20.8. The summed E-state index contributed by atoms with van der Waals surface area (Å²) in [6.07, 6.45) is 6.91. The molecule has 108 valence electrons. The van der Waals surface area contributed by atoms with Crippen LogP contribution in [-0.2, 0) is 12.8 Å². The number of hydrogen-bond donors (Lipinski definition) is 1. The Kier molecular flexibility index (Phi) is 3.74. The van der Waals surface area contributed by atoms with E-state index < -0.39 is 5.97 Å². The van der Waals surface area contributed by atoms with Gasteiger partial charge in [-0.05, 0) is 66.0 Å². The maximum absolute atomic E-state index is 11.2. The summed E-state index contributed by atoms with van der Waals surface area (Å²) in [5.74, 6) is 0.0818. The molecule has 0 spiro atoms. The lowest BCUT2D eigenvalue weighted by Crippen LogP contribution is -2.21. The first-order valence-electron chi connectivity index (χ1n) is 7.40. The lowest BCUT2D eigenvalue weighted by molar-refractivity contribution is 0.0696. The summed E-state index contributed by atoms with van der Waals surface area (Å²) in [6.45, 7) is 2.21. The highest BCUT2D eigenvalue weighted by Crippen LogP contribution is 2.38. The molecule has 1 N–H and O–H groups in total. The van der Waals surface area contributed by atoms with E-state index in [1.54, 1.807) is 12.3 Å². The van der Waals surface area contributed by atoms with Gasteiger partial charge in [0.25, 0.3) is 0 Å². The highest BCUT2D eigenvalue weighted by atomic mass is 16.4. The van der Waals surface area contributed by atoms with Gasteiger partial charge in [-0.25, -0.2) is 4.79 Å². The largest absolute Gasteiger partial charge is 0.478 e. The van der Waals surface area contributed by atoms with Crippen molar-refractivity contribution >= 4 is 5.97 Å². The van der Waals surface area contributed by atoms with E-state index >= 15 is 0 Å². The summed E-state index contributed by atoms with van der Waals surface area (Å²) >= 11 is 0. The zero-order valence-corrected chi connectivity index (χ0v) is 12.1. The SMILES string of the molecule is CC1c2cc(C(=O)O)ccc2CCC1Cc1cccnc1. The van der Waals surface area contributed by atoms with Crippen LogP contribution in [0.25, 0.3) is 0 Å². The number of aryl methyl sites for hydroxylation is 1. The number of carboxylic acids is 1. The Bertz CT molecular complexity index is 652. The van der Waals surface area contributed by atoms with Gasteiger partial charge < -0.3 is 5.11 Å². The minimum absolute atomic E-state index is 0.383. The molecule has 0 aliphatic heterocycles. The van der Waals surface area contributed by atoms with E-state index in [2.05, 4.69) is 18.0 Å². The predicted molar refractivity (Wildman–Crippen MR) is 81.6 cm³/mol. The van der Waals surface area contributed by atoms with Crippen LogP contribution in [0.5, 0.6) is 0 Å². The maximum atomic E-state index is 11.2.